The van der Waals surface area contributed by atoms with Gasteiger partial charge in [0.05, 0.1) is 12.2 Å². The number of hydrogen-bond acceptors (Lipinski definition) is 6. The number of hydrogen-bond donors (Lipinski definition) is 0. The fourth-order valence-electron chi connectivity index (χ4n) is 2.45. The number of ether oxygens (including phenoxy) is 2. The molecule has 0 spiro atoms. The molecule has 0 radical (unpaired) electrons. The minimum atomic E-state index is -0.653. The SMILES string of the molecule is COCc1cccc(C(=O)OC(C)c2nnc(-c3ccc(C)cc3)o2)c1. The lowest BCUT2D eigenvalue weighted by Gasteiger charge is -2.10. The van der Waals surface area contributed by atoms with Crippen LogP contribution < -0.4 is 0 Å². The molecule has 134 valence electrons. The van der Waals surface area contributed by atoms with E-state index in [2.05, 4.69) is 10.2 Å². The van der Waals surface area contributed by atoms with Crippen molar-refractivity contribution in [2.24, 2.45) is 0 Å². The summed E-state index contributed by atoms with van der Waals surface area (Å²) in [7, 11) is 1.61. The van der Waals surface area contributed by atoms with Crippen LogP contribution in [-0.2, 0) is 16.1 Å². The Labute approximate surface area is 151 Å². The number of methoxy groups -OCH3 is 1. The van der Waals surface area contributed by atoms with Gasteiger partial charge in [-0.25, -0.2) is 4.79 Å². The molecule has 3 aromatic rings. The van der Waals surface area contributed by atoms with Crippen LogP contribution in [0.25, 0.3) is 11.5 Å². The maximum atomic E-state index is 12.3. The Morgan fingerprint density at radius 2 is 1.92 bits per heavy atom. The fourth-order valence-corrected chi connectivity index (χ4v) is 2.45. The minimum Gasteiger partial charge on any atom is -0.449 e. The number of carbonyl (C=O) groups excluding carboxylic acids is 1. The second-order valence-corrected chi connectivity index (χ2v) is 5.99. The van der Waals surface area contributed by atoms with Gasteiger partial charge in [0.1, 0.15) is 0 Å². The number of esters is 1. The molecule has 0 bridgehead atoms. The monoisotopic (exact) mass is 352 g/mol. The summed E-state index contributed by atoms with van der Waals surface area (Å²) in [4.78, 5) is 12.3. The van der Waals surface area contributed by atoms with Crippen molar-refractivity contribution >= 4 is 5.97 Å². The van der Waals surface area contributed by atoms with Crippen molar-refractivity contribution in [2.45, 2.75) is 26.6 Å². The summed E-state index contributed by atoms with van der Waals surface area (Å²) < 4.78 is 16.2. The molecule has 0 amide bonds. The predicted octanol–water partition coefficient (Wildman–Crippen LogP) is 4.11. The van der Waals surface area contributed by atoms with Crippen LogP contribution in [0.4, 0.5) is 0 Å². The molecule has 1 aromatic heterocycles. The molecule has 6 heteroatoms. The Balaban J connectivity index is 1.70. The van der Waals surface area contributed by atoms with Crippen molar-refractivity contribution in [1.29, 1.82) is 0 Å². The third kappa shape index (κ3) is 4.15. The number of aryl methyl sites for hydroxylation is 1. The molecule has 0 aliphatic heterocycles. The van der Waals surface area contributed by atoms with E-state index in [1.54, 1.807) is 32.2 Å². The Bertz CT molecular complexity index is 887. The third-order valence-electron chi connectivity index (χ3n) is 3.84. The molecule has 26 heavy (non-hydrogen) atoms. The predicted molar refractivity (Wildman–Crippen MR) is 95.5 cm³/mol. The number of nitrogens with zero attached hydrogens (tertiary/aromatic N) is 2. The first-order valence-electron chi connectivity index (χ1n) is 8.26. The van der Waals surface area contributed by atoms with Crippen LogP contribution in [0.5, 0.6) is 0 Å². The second kappa shape index (κ2) is 7.93. The summed E-state index contributed by atoms with van der Waals surface area (Å²) in [5.41, 5.74) is 3.31. The van der Waals surface area contributed by atoms with E-state index >= 15 is 0 Å². The molecule has 0 saturated heterocycles. The van der Waals surface area contributed by atoms with Gasteiger partial charge in [-0.1, -0.05) is 29.8 Å². The van der Waals surface area contributed by atoms with Gasteiger partial charge in [-0.15, -0.1) is 10.2 Å². The van der Waals surface area contributed by atoms with Gasteiger partial charge in [0.2, 0.25) is 5.89 Å². The summed E-state index contributed by atoms with van der Waals surface area (Å²) in [6, 6.07) is 14.9. The number of rotatable bonds is 6. The Morgan fingerprint density at radius 1 is 1.15 bits per heavy atom. The zero-order valence-electron chi connectivity index (χ0n) is 14.9. The maximum Gasteiger partial charge on any atom is 0.338 e. The second-order valence-electron chi connectivity index (χ2n) is 5.99. The van der Waals surface area contributed by atoms with Gasteiger partial charge in [-0.05, 0) is 43.7 Å². The van der Waals surface area contributed by atoms with Gasteiger partial charge in [0.25, 0.3) is 5.89 Å². The molecule has 1 heterocycles. The lowest BCUT2D eigenvalue weighted by Crippen LogP contribution is -2.10. The molecular weight excluding hydrogens is 332 g/mol. The zero-order valence-corrected chi connectivity index (χ0v) is 14.9. The van der Waals surface area contributed by atoms with Crippen molar-refractivity contribution in [3.63, 3.8) is 0 Å². The van der Waals surface area contributed by atoms with E-state index in [0.29, 0.717) is 18.1 Å². The molecule has 1 atom stereocenters. The maximum absolute atomic E-state index is 12.3. The molecule has 1 unspecified atom stereocenters. The highest BCUT2D eigenvalue weighted by molar-refractivity contribution is 5.89. The molecule has 0 aliphatic rings. The van der Waals surface area contributed by atoms with Crippen LogP contribution in [0.3, 0.4) is 0 Å². The topological polar surface area (TPSA) is 74.5 Å². The van der Waals surface area contributed by atoms with Crippen LogP contribution in [0.15, 0.2) is 52.9 Å². The van der Waals surface area contributed by atoms with Gasteiger partial charge in [-0.2, -0.15) is 0 Å². The summed E-state index contributed by atoms with van der Waals surface area (Å²) in [6.07, 6.45) is -0.653. The van der Waals surface area contributed by atoms with Gasteiger partial charge >= 0.3 is 5.97 Å². The molecule has 0 N–H and O–H groups in total. The van der Waals surface area contributed by atoms with E-state index in [1.165, 1.54) is 0 Å². The molecular formula is C20H20N2O4. The standard InChI is InChI=1S/C20H20N2O4/c1-13-7-9-16(10-8-13)19-22-21-18(26-19)14(2)25-20(23)17-6-4-5-15(11-17)12-24-3/h4-11,14H,12H2,1-3H3. The zero-order chi connectivity index (χ0) is 18.5. The Hall–Kier alpha value is -2.99. The van der Waals surface area contributed by atoms with Crippen molar-refractivity contribution in [1.82, 2.24) is 10.2 Å². The van der Waals surface area contributed by atoms with Crippen LogP contribution >= 0.6 is 0 Å². The van der Waals surface area contributed by atoms with Crippen LogP contribution in [0.1, 0.15) is 40.4 Å². The number of benzene rings is 2. The van der Waals surface area contributed by atoms with E-state index in [0.717, 1.165) is 16.7 Å². The number of aromatic nitrogens is 2. The normalized spacial score (nSPS) is 12.0. The lowest BCUT2D eigenvalue weighted by atomic mass is 10.1. The van der Waals surface area contributed by atoms with Gasteiger partial charge in [0.15, 0.2) is 6.10 Å². The van der Waals surface area contributed by atoms with E-state index in [1.807, 2.05) is 37.3 Å². The molecule has 0 aliphatic carbocycles. The largest absolute Gasteiger partial charge is 0.449 e. The fraction of sp³-hybridized carbons (Fsp3) is 0.250. The van der Waals surface area contributed by atoms with Gasteiger partial charge in [-0.3, -0.25) is 0 Å². The Kier molecular flexibility index (Phi) is 5.43. The highest BCUT2D eigenvalue weighted by atomic mass is 16.6. The van der Waals surface area contributed by atoms with E-state index in [4.69, 9.17) is 13.9 Å². The summed E-state index contributed by atoms with van der Waals surface area (Å²) in [5, 5.41) is 8.03. The van der Waals surface area contributed by atoms with E-state index < -0.39 is 12.1 Å². The van der Waals surface area contributed by atoms with Crippen molar-refractivity contribution in [3.8, 4) is 11.5 Å². The van der Waals surface area contributed by atoms with Crippen LogP contribution in [-0.4, -0.2) is 23.3 Å². The summed E-state index contributed by atoms with van der Waals surface area (Å²) in [5.74, 6) is 0.192. The molecule has 6 nitrogen and oxygen atoms in total. The van der Waals surface area contributed by atoms with Gasteiger partial charge in [0, 0.05) is 12.7 Å². The third-order valence-corrected chi connectivity index (χ3v) is 3.84. The van der Waals surface area contributed by atoms with Crippen molar-refractivity contribution in [2.75, 3.05) is 7.11 Å². The van der Waals surface area contributed by atoms with Crippen LogP contribution in [0.2, 0.25) is 0 Å². The smallest absolute Gasteiger partial charge is 0.338 e. The molecule has 0 saturated carbocycles. The highest BCUT2D eigenvalue weighted by Gasteiger charge is 2.20. The minimum absolute atomic E-state index is 0.252. The molecule has 0 fully saturated rings. The van der Waals surface area contributed by atoms with Crippen molar-refractivity contribution < 1.29 is 18.7 Å². The average molecular weight is 352 g/mol. The van der Waals surface area contributed by atoms with Crippen LogP contribution in [0, 0.1) is 6.92 Å². The summed E-state index contributed by atoms with van der Waals surface area (Å²) in [6.45, 7) is 4.13. The highest BCUT2D eigenvalue weighted by Crippen LogP contribution is 2.23. The average Bonchev–Trinajstić information content (AvgIpc) is 3.13. The van der Waals surface area contributed by atoms with E-state index in [9.17, 15) is 4.79 Å². The molecule has 3 rings (SSSR count). The Morgan fingerprint density at radius 3 is 2.65 bits per heavy atom. The first-order valence-corrected chi connectivity index (χ1v) is 8.26. The van der Waals surface area contributed by atoms with E-state index in [-0.39, 0.29) is 5.89 Å². The number of carbonyl (C=O) groups is 1. The van der Waals surface area contributed by atoms with Gasteiger partial charge < -0.3 is 13.9 Å². The lowest BCUT2D eigenvalue weighted by molar-refractivity contribution is 0.0279. The molecule has 2 aromatic carbocycles. The van der Waals surface area contributed by atoms with Crippen molar-refractivity contribution in [3.05, 3.63) is 71.1 Å². The summed E-state index contributed by atoms with van der Waals surface area (Å²) >= 11 is 0. The first-order chi connectivity index (χ1) is 12.6. The quantitative estimate of drug-likeness (QED) is 0.622. The first kappa shape index (κ1) is 17.8.